The predicted molar refractivity (Wildman–Crippen MR) is 107 cm³/mol. The molecule has 0 atom stereocenters. The molecule has 140 valence electrons. The van der Waals surface area contributed by atoms with Crippen LogP contribution in [0.15, 0.2) is 79.7 Å². The number of nitrogens with zero attached hydrogens (tertiary/aromatic N) is 4. The number of benzene rings is 1. The fourth-order valence-corrected chi connectivity index (χ4v) is 2.46. The Morgan fingerprint density at radius 1 is 1.21 bits per heavy atom. The minimum absolute atomic E-state index is 0.381. The lowest BCUT2D eigenvalue weighted by Crippen LogP contribution is -2.02. The van der Waals surface area contributed by atoms with Gasteiger partial charge in [0.25, 0.3) is 0 Å². The molecule has 0 saturated heterocycles. The maximum absolute atomic E-state index is 11.5. The lowest BCUT2D eigenvalue weighted by Gasteiger charge is -2.04. The quantitative estimate of drug-likeness (QED) is 0.527. The third-order valence-electron chi connectivity index (χ3n) is 3.92. The molecule has 3 aromatic rings. The van der Waals surface area contributed by atoms with Crippen molar-refractivity contribution in [1.82, 2.24) is 20.0 Å². The van der Waals surface area contributed by atoms with Crippen LogP contribution in [0.4, 0.5) is 0 Å². The highest BCUT2D eigenvalue weighted by atomic mass is 16.5. The molecule has 0 saturated carbocycles. The number of carbonyl (C=O) groups excluding carboxylic acids is 1. The molecule has 7 nitrogen and oxygen atoms in total. The van der Waals surface area contributed by atoms with Gasteiger partial charge < -0.3 is 10.5 Å². The zero-order valence-corrected chi connectivity index (χ0v) is 15.3. The van der Waals surface area contributed by atoms with Crippen LogP contribution in [0.25, 0.3) is 22.6 Å². The number of methoxy groups -OCH3 is 1. The normalized spacial score (nSPS) is 11.5. The molecule has 2 aromatic heterocycles. The molecule has 2 N–H and O–H groups in total. The molecule has 0 unspecified atom stereocenters. The van der Waals surface area contributed by atoms with Crippen molar-refractivity contribution in [3.05, 3.63) is 90.9 Å². The highest BCUT2D eigenvalue weighted by Gasteiger charge is 2.09. The molecule has 2 heterocycles. The number of rotatable bonds is 6. The van der Waals surface area contributed by atoms with E-state index in [2.05, 4.69) is 21.9 Å². The Bertz CT molecular complexity index is 1050. The van der Waals surface area contributed by atoms with Crippen LogP contribution in [-0.2, 0) is 4.74 Å². The van der Waals surface area contributed by atoms with Crippen LogP contribution < -0.4 is 5.73 Å². The minimum atomic E-state index is -0.381. The third-order valence-corrected chi connectivity index (χ3v) is 3.92. The number of hydrogen-bond acceptors (Lipinski definition) is 6. The Labute approximate surface area is 162 Å². The first-order valence-electron chi connectivity index (χ1n) is 8.45. The van der Waals surface area contributed by atoms with E-state index in [4.69, 9.17) is 10.5 Å². The van der Waals surface area contributed by atoms with E-state index in [9.17, 15) is 4.79 Å². The Hall–Kier alpha value is -4.00. The standard InChI is InChI=1S/C21H19N5O2/c1-3-4-5-6-18(22)19-13-17(11-12-23-19)26-14-20(24-25-26)15-7-9-16(10-8-15)21(27)28-2/h3-14H,1,22H2,2H3/b5-4-,18-6-. The van der Waals surface area contributed by atoms with Gasteiger partial charge in [0, 0.05) is 11.8 Å². The molecule has 0 bridgehead atoms. The molecule has 28 heavy (non-hydrogen) atoms. The van der Waals surface area contributed by atoms with Crippen molar-refractivity contribution in [1.29, 1.82) is 0 Å². The van der Waals surface area contributed by atoms with Gasteiger partial charge >= 0.3 is 5.97 Å². The molecular formula is C21H19N5O2. The number of esters is 1. The molecule has 0 amide bonds. The molecule has 1 aromatic carbocycles. The van der Waals surface area contributed by atoms with Crippen molar-refractivity contribution in [2.24, 2.45) is 5.73 Å². The van der Waals surface area contributed by atoms with Crippen molar-refractivity contribution in [3.8, 4) is 16.9 Å². The van der Waals surface area contributed by atoms with Crippen LogP contribution in [0.2, 0.25) is 0 Å². The third kappa shape index (κ3) is 4.21. The maximum atomic E-state index is 11.5. The number of hydrogen-bond donors (Lipinski definition) is 1. The summed E-state index contributed by atoms with van der Waals surface area (Å²) in [6, 6.07) is 10.6. The second kappa shape index (κ2) is 8.59. The van der Waals surface area contributed by atoms with Gasteiger partial charge in [0.1, 0.15) is 5.69 Å². The van der Waals surface area contributed by atoms with Crippen molar-refractivity contribution < 1.29 is 9.53 Å². The van der Waals surface area contributed by atoms with Crippen molar-refractivity contribution in [3.63, 3.8) is 0 Å². The van der Waals surface area contributed by atoms with E-state index in [-0.39, 0.29) is 5.97 Å². The average Bonchev–Trinajstić information content (AvgIpc) is 3.24. The second-order valence-electron chi connectivity index (χ2n) is 5.76. The molecule has 0 fully saturated rings. The number of nitrogens with two attached hydrogens (primary N) is 1. The van der Waals surface area contributed by atoms with Gasteiger partial charge in [0.15, 0.2) is 0 Å². The number of aromatic nitrogens is 4. The summed E-state index contributed by atoms with van der Waals surface area (Å²) in [6.45, 7) is 3.62. The molecule has 0 aliphatic carbocycles. The molecule has 3 rings (SSSR count). The van der Waals surface area contributed by atoms with Gasteiger partial charge in [-0.25, -0.2) is 9.48 Å². The average molecular weight is 373 g/mol. The Balaban J connectivity index is 1.85. The zero-order chi connectivity index (χ0) is 19.9. The van der Waals surface area contributed by atoms with Gasteiger partial charge in [-0.2, -0.15) is 0 Å². The number of pyridine rings is 1. The Morgan fingerprint density at radius 2 is 2.00 bits per heavy atom. The highest BCUT2D eigenvalue weighted by molar-refractivity contribution is 5.89. The molecular weight excluding hydrogens is 354 g/mol. The van der Waals surface area contributed by atoms with Gasteiger partial charge in [-0.1, -0.05) is 42.2 Å². The molecule has 0 aliphatic heterocycles. The van der Waals surface area contributed by atoms with E-state index in [1.807, 2.05) is 12.1 Å². The summed E-state index contributed by atoms with van der Waals surface area (Å²) < 4.78 is 6.34. The van der Waals surface area contributed by atoms with E-state index in [1.165, 1.54) is 7.11 Å². The van der Waals surface area contributed by atoms with Crippen LogP contribution in [-0.4, -0.2) is 33.1 Å². The minimum Gasteiger partial charge on any atom is -0.465 e. The van der Waals surface area contributed by atoms with Gasteiger partial charge in [-0.15, -0.1) is 5.10 Å². The van der Waals surface area contributed by atoms with Gasteiger partial charge in [-0.3, -0.25) is 4.98 Å². The summed E-state index contributed by atoms with van der Waals surface area (Å²) in [5.41, 5.74) is 9.98. The molecule has 0 spiro atoms. The van der Waals surface area contributed by atoms with E-state index >= 15 is 0 Å². The van der Waals surface area contributed by atoms with Gasteiger partial charge in [0.2, 0.25) is 0 Å². The summed E-state index contributed by atoms with van der Waals surface area (Å²) in [4.78, 5) is 15.8. The first-order chi connectivity index (χ1) is 13.6. The molecule has 7 heteroatoms. The lowest BCUT2D eigenvalue weighted by molar-refractivity contribution is 0.0601. The van der Waals surface area contributed by atoms with Gasteiger partial charge in [-0.05, 0) is 30.3 Å². The first kappa shape index (κ1) is 18.8. The summed E-state index contributed by atoms with van der Waals surface area (Å²) >= 11 is 0. The van der Waals surface area contributed by atoms with Crippen LogP contribution in [0.3, 0.4) is 0 Å². The second-order valence-corrected chi connectivity index (χ2v) is 5.76. The summed E-state index contributed by atoms with van der Waals surface area (Å²) in [6.07, 6.45) is 10.5. The predicted octanol–water partition coefficient (Wildman–Crippen LogP) is 3.16. The maximum Gasteiger partial charge on any atom is 0.337 e. The first-order valence-corrected chi connectivity index (χ1v) is 8.45. The highest BCUT2D eigenvalue weighted by Crippen LogP contribution is 2.19. The molecule has 0 aliphatic rings. The fraction of sp³-hybridized carbons (Fsp3) is 0.0476. The smallest absolute Gasteiger partial charge is 0.337 e. The van der Waals surface area contributed by atoms with Crippen molar-refractivity contribution in [2.45, 2.75) is 0 Å². The van der Waals surface area contributed by atoms with E-state index < -0.39 is 0 Å². The van der Waals surface area contributed by atoms with Gasteiger partial charge in [0.05, 0.1) is 35.9 Å². The summed E-state index contributed by atoms with van der Waals surface area (Å²) in [7, 11) is 1.35. The van der Waals surface area contributed by atoms with Crippen molar-refractivity contribution in [2.75, 3.05) is 7.11 Å². The number of allylic oxidation sites excluding steroid dienone is 4. The Morgan fingerprint density at radius 3 is 2.71 bits per heavy atom. The summed E-state index contributed by atoms with van der Waals surface area (Å²) in [5, 5.41) is 8.37. The summed E-state index contributed by atoms with van der Waals surface area (Å²) in [5.74, 6) is -0.381. The van der Waals surface area contributed by atoms with Crippen molar-refractivity contribution >= 4 is 11.7 Å². The van der Waals surface area contributed by atoms with Crippen LogP contribution in [0.5, 0.6) is 0 Å². The molecule has 0 radical (unpaired) electrons. The fourth-order valence-electron chi connectivity index (χ4n) is 2.46. The Kier molecular flexibility index (Phi) is 5.76. The number of carbonyl (C=O) groups is 1. The van der Waals surface area contributed by atoms with Crippen LogP contribution in [0.1, 0.15) is 16.1 Å². The van der Waals surface area contributed by atoms with Crippen LogP contribution >= 0.6 is 0 Å². The van der Waals surface area contributed by atoms with E-state index in [0.29, 0.717) is 22.6 Å². The van der Waals surface area contributed by atoms with E-state index in [1.54, 1.807) is 65.6 Å². The van der Waals surface area contributed by atoms with Crippen LogP contribution in [0, 0.1) is 0 Å². The lowest BCUT2D eigenvalue weighted by atomic mass is 10.1. The van der Waals surface area contributed by atoms with E-state index in [0.717, 1.165) is 11.3 Å². The SMILES string of the molecule is C=C/C=C\C=C(/N)c1cc(-n2cc(-c3ccc(C(=O)OC)cc3)nn2)ccn1. The number of ether oxygens (including phenoxy) is 1. The monoisotopic (exact) mass is 373 g/mol. The topological polar surface area (TPSA) is 95.9 Å². The largest absolute Gasteiger partial charge is 0.465 e. The zero-order valence-electron chi connectivity index (χ0n) is 15.3.